The van der Waals surface area contributed by atoms with E-state index >= 15 is 0 Å². The Morgan fingerprint density at radius 2 is 1.68 bits per heavy atom. The normalized spacial score (nSPS) is 15.3. The average molecular weight is 363 g/mol. The summed E-state index contributed by atoms with van der Waals surface area (Å²) in [7, 11) is 0. The second kappa shape index (κ2) is 9.42. The van der Waals surface area contributed by atoms with Gasteiger partial charge in [0.25, 0.3) is 0 Å². The zero-order valence-corrected chi connectivity index (χ0v) is 16.6. The summed E-state index contributed by atoms with van der Waals surface area (Å²) < 4.78 is 2.09. The van der Waals surface area contributed by atoms with Crippen LogP contribution in [0.5, 0.6) is 0 Å². The molecule has 138 valence electrons. The van der Waals surface area contributed by atoms with Gasteiger partial charge in [-0.3, -0.25) is 4.90 Å². The molecule has 0 bridgehead atoms. The van der Waals surface area contributed by atoms with Crippen LogP contribution in [0.1, 0.15) is 57.9 Å². The minimum atomic E-state index is -0.513. The van der Waals surface area contributed by atoms with Crippen molar-refractivity contribution in [1.29, 1.82) is 0 Å². The Balaban J connectivity index is 2.16. The molecule has 3 atom stereocenters. The van der Waals surface area contributed by atoms with Crippen molar-refractivity contribution in [2.24, 2.45) is 0 Å². The van der Waals surface area contributed by atoms with Gasteiger partial charge in [-0.15, -0.1) is 0 Å². The van der Waals surface area contributed by atoms with Gasteiger partial charge in [-0.2, -0.15) is 0 Å². The zero-order valence-electron chi connectivity index (χ0n) is 15.8. The van der Waals surface area contributed by atoms with Crippen LogP contribution in [0.4, 0.5) is 0 Å². The van der Waals surface area contributed by atoms with Gasteiger partial charge in [-0.25, -0.2) is 0 Å². The SMILES string of the molecule is CC[C@H](C)N(C[C@H](O)c1cccn1Cc1ccccc1Cl)[C@@H](C)CC. The van der Waals surface area contributed by atoms with Gasteiger partial charge in [0.05, 0.1) is 0 Å². The lowest BCUT2D eigenvalue weighted by molar-refractivity contribution is 0.0590. The van der Waals surface area contributed by atoms with Crippen molar-refractivity contribution in [3.05, 3.63) is 58.9 Å². The van der Waals surface area contributed by atoms with E-state index in [4.69, 9.17) is 11.6 Å². The average Bonchev–Trinajstić information content (AvgIpc) is 3.08. The molecule has 2 rings (SSSR count). The highest BCUT2D eigenvalue weighted by Gasteiger charge is 2.23. The van der Waals surface area contributed by atoms with E-state index in [0.717, 1.165) is 29.1 Å². The number of nitrogens with zero attached hydrogens (tertiary/aromatic N) is 2. The molecular weight excluding hydrogens is 332 g/mol. The van der Waals surface area contributed by atoms with E-state index in [-0.39, 0.29) is 0 Å². The van der Waals surface area contributed by atoms with Gasteiger partial charge in [-0.1, -0.05) is 43.6 Å². The summed E-state index contributed by atoms with van der Waals surface area (Å²) in [6, 6.07) is 12.8. The summed E-state index contributed by atoms with van der Waals surface area (Å²) in [5, 5.41) is 11.7. The minimum absolute atomic E-state index is 0.455. The van der Waals surface area contributed by atoms with Crippen molar-refractivity contribution in [1.82, 2.24) is 9.47 Å². The molecule has 1 heterocycles. The van der Waals surface area contributed by atoms with Crippen molar-refractivity contribution in [3.63, 3.8) is 0 Å². The highest BCUT2D eigenvalue weighted by Crippen LogP contribution is 2.23. The fourth-order valence-electron chi connectivity index (χ4n) is 3.24. The lowest BCUT2D eigenvalue weighted by Crippen LogP contribution is -2.42. The fraction of sp³-hybridized carbons (Fsp3) is 0.524. The maximum atomic E-state index is 10.9. The Hall–Kier alpha value is -1.29. The van der Waals surface area contributed by atoms with E-state index in [2.05, 4.69) is 37.2 Å². The molecule has 0 aliphatic carbocycles. The lowest BCUT2D eigenvalue weighted by Gasteiger charge is -2.35. The van der Waals surface area contributed by atoms with E-state index in [1.54, 1.807) is 0 Å². The van der Waals surface area contributed by atoms with Crippen molar-refractivity contribution in [2.75, 3.05) is 6.54 Å². The molecular formula is C21H31ClN2O. The Bertz CT molecular complexity index is 645. The zero-order chi connectivity index (χ0) is 18.4. The van der Waals surface area contributed by atoms with Gasteiger partial charge in [-0.05, 0) is 50.5 Å². The molecule has 4 heteroatoms. The van der Waals surface area contributed by atoms with Crippen LogP contribution in [0.2, 0.25) is 5.02 Å². The van der Waals surface area contributed by atoms with Crippen molar-refractivity contribution in [2.45, 2.75) is 65.3 Å². The number of benzene rings is 1. The van der Waals surface area contributed by atoms with Gasteiger partial charge in [0.1, 0.15) is 6.10 Å². The van der Waals surface area contributed by atoms with Crippen LogP contribution < -0.4 is 0 Å². The van der Waals surface area contributed by atoms with Crippen LogP contribution in [-0.4, -0.2) is 33.2 Å². The van der Waals surface area contributed by atoms with Crippen LogP contribution in [0.3, 0.4) is 0 Å². The second-order valence-electron chi connectivity index (χ2n) is 6.88. The lowest BCUT2D eigenvalue weighted by atomic mass is 10.1. The van der Waals surface area contributed by atoms with Crippen molar-refractivity contribution >= 4 is 11.6 Å². The molecule has 3 nitrogen and oxygen atoms in total. The fourth-order valence-corrected chi connectivity index (χ4v) is 3.44. The topological polar surface area (TPSA) is 28.4 Å². The summed E-state index contributed by atoms with van der Waals surface area (Å²) >= 11 is 6.29. The molecule has 1 aromatic carbocycles. The standard InChI is InChI=1S/C21H31ClN2O/c1-5-16(3)24(17(4)6-2)15-21(25)20-12-9-13-23(20)14-18-10-7-8-11-19(18)22/h7-13,16-17,21,25H,5-6,14-15H2,1-4H3/t16-,17-,21-/m0/s1. The molecule has 0 amide bonds. The molecule has 0 radical (unpaired) electrons. The molecule has 0 saturated carbocycles. The minimum Gasteiger partial charge on any atom is -0.386 e. The largest absolute Gasteiger partial charge is 0.386 e. The van der Waals surface area contributed by atoms with E-state index in [9.17, 15) is 5.11 Å². The Labute approximate surface area is 157 Å². The maximum Gasteiger partial charge on any atom is 0.107 e. The summed E-state index contributed by atoms with van der Waals surface area (Å²) in [4.78, 5) is 2.41. The summed E-state index contributed by atoms with van der Waals surface area (Å²) in [5.41, 5.74) is 2.01. The number of aliphatic hydroxyl groups is 1. The summed E-state index contributed by atoms with van der Waals surface area (Å²) in [6.07, 6.45) is 3.66. The van der Waals surface area contributed by atoms with Crippen molar-refractivity contribution in [3.8, 4) is 0 Å². The van der Waals surface area contributed by atoms with Crippen LogP contribution in [0.25, 0.3) is 0 Å². The highest BCUT2D eigenvalue weighted by atomic mass is 35.5. The molecule has 0 fully saturated rings. The van der Waals surface area contributed by atoms with Crippen LogP contribution >= 0.6 is 11.6 Å². The first-order valence-corrected chi connectivity index (χ1v) is 9.67. The predicted molar refractivity (Wildman–Crippen MR) is 106 cm³/mol. The predicted octanol–water partition coefficient (Wildman–Crippen LogP) is 5.12. The molecule has 0 unspecified atom stereocenters. The molecule has 25 heavy (non-hydrogen) atoms. The smallest absolute Gasteiger partial charge is 0.107 e. The third-order valence-electron chi connectivity index (χ3n) is 5.20. The molecule has 1 aromatic heterocycles. The van der Waals surface area contributed by atoms with Gasteiger partial charge in [0, 0.05) is 42.1 Å². The number of hydrogen-bond acceptors (Lipinski definition) is 2. The molecule has 1 N–H and O–H groups in total. The van der Waals surface area contributed by atoms with Crippen LogP contribution in [-0.2, 0) is 6.54 Å². The van der Waals surface area contributed by atoms with Crippen LogP contribution in [0.15, 0.2) is 42.6 Å². The van der Waals surface area contributed by atoms with Gasteiger partial charge in [0.2, 0.25) is 0 Å². The maximum absolute atomic E-state index is 10.9. The number of hydrogen-bond donors (Lipinski definition) is 1. The van der Waals surface area contributed by atoms with E-state index in [0.29, 0.717) is 25.2 Å². The number of halogens is 1. The van der Waals surface area contributed by atoms with E-state index < -0.39 is 6.10 Å². The van der Waals surface area contributed by atoms with Gasteiger partial charge >= 0.3 is 0 Å². The second-order valence-corrected chi connectivity index (χ2v) is 7.29. The first kappa shape index (κ1) is 20.0. The number of rotatable bonds is 9. The summed E-state index contributed by atoms with van der Waals surface area (Å²) in [6.45, 7) is 10.2. The molecule has 0 saturated heterocycles. The molecule has 2 aromatic rings. The Morgan fingerprint density at radius 1 is 1.04 bits per heavy atom. The van der Waals surface area contributed by atoms with E-state index in [1.165, 1.54) is 0 Å². The molecule has 0 aliphatic rings. The molecule has 0 aliphatic heterocycles. The van der Waals surface area contributed by atoms with Gasteiger partial charge < -0.3 is 9.67 Å². The first-order valence-electron chi connectivity index (χ1n) is 9.30. The van der Waals surface area contributed by atoms with Crippen molar-refractivity contribution < 1.29 is 5.11 Å². The third kappa shape index (κ3) is 5.10. The Morgan fingerprint density at radius 3 is 2.28 bits per heavy atom. The molecule has 0 spiro atoms. The quantitative estimate of drug-likeness (QED) is 0.670. The highest BCUT2D eigenvalue weighted by molar-refractivity contribution is 6.31. The monoisotopic (exact) mass is 362 g/mol. The Kier molecular flexibility index (Phi) is 7.55. The number of aromatic nitrogens is 1. The summed E-state index contributed by atoms with van der Waals surface area (Å²) in [5.74, 6) is 0. The van der Waals surface area contributed by atoms with Crippen LogP contribution in [0, 0.1) is 0 Å². The number of aliphatic hydroxyl groups excluding tert-OH is 1. The third-order valence-corrected chi connectivity index (χ3v) is 5.57. The van der Waals surface area contributed by atoms with Gasteiger partial charge in [0.15, 0.2) is 0 Å². The van der Waals surface area contributed by atoms with E-state index in [1.807, 2.05) is 42.6 Å². The first-order chi connectivity index (χ1) is 12.0.